The molecule has 176 valence electrons. The van der Waals surface area contributed by atoms with Gasteiger partial charge in [0.1, 0.15) is 18.7 Å². The van der Waals surface area contributed by atoms with E-state index in [1.54, 1.807) is 10.9 Å². The summed E-state index contributed by atoms with van der Waals surface area (Å²) < 4.78 is 51.5. The zero-order valence-electron chi connectivity index (χ0n) is 18.3. The summed E-state index contributed by atoms with van der Waals surface area (Å²) in [7, 11) is 1.48. The maximum Gasteiger partial charge on any atom is 0.416 e. The van der Waals surface area contributed by atoms with E-state index in [4.69, 9.17) is 9.47 Å². The zero-order valence-corrected chi connectivity index (χ0v) is 19.1. The van der Waals surface area contributed by atoms with Crippen molar-refractivity contribution >= 4 is 23.4 Å². The Bertz CT molecular complexity index is 1120. The van der Waals surface area contributed by atoms with Gasteiger partial charge in [0.25, 0.3) is 0 Å². The van der Waals surface area contributed by atoms with Crippen LogP contribution >= 0.6 is 11.8 Å². The monoisotopic (exact) mass is 480 g/mol. The van der Waals surface area contributed by atoms with E-state index >= 15 is 0 Å². The van der Waals surface area contributed by atoms with E-state index in [0.29, 0.717) is 5.16 Å². The van der Waals surface area contributed by atoms with Gasteiger partial charge in [-0.1, -0.05) is 17.8 Å². The molecule has 0 unspecified atom stereocenters. The molecular weight excluding hydrogens is 457 g/mol. The Hall–Kier alpha value is -3.05. The lowest BCUT2D eigenvalue weighted by atomic mass is 10.1. The van der Waals surface area contributed by atoms with Gasteiger partial charge in [0.15, 0.2) is 5.16 Å². The van der Waals surface area contributed by atoms with Crippen molar-refractivity contribution in [2.75, 3.05) is 31.4 Å². The van der Waals surface area contributed by atoms with Crippen LogP contribution in [0.25, 0.3) is 5.69 Å². The van der Waals surface area contributed by atoms with Gasteiger partial charge >= 0.3 is 6.18 Å². The Morgan fingerprint density at radius 1 is 1.12 bits per heavy atom. The number of amides is 1. The minimum absolute atomic E-state index is 0.0674. The average molecular weight is 481 g/mol. The first-order valence-electron chi connectivity index (χ1n) is 9.92. The van der Waals surface area contributed by atoms with Crippen molar-refractivity contribution < 1.29 is 27.4 Å². The summed E-state index contributed by atoms with van der Waals surface area (Å²) in [5.74, 6) is -0.473. The fraction of sp³-hybridized carbons (Fsp3) is 0.318. The van der Waals surface area contributed by atoms with Gasteiger partial charge in [-0.05, 0) is 55.3 Å². The van der Waals surface area contributed by atoms with Gasteiger partial charge in [-0.25, -0.2) is 0 Å². The van der Waals surface area contributed by atoms with Gasteiger partial charge in [-0.15, -0.1) is 10.2 Å². The van der Waals surface area contributed by atoms with Crippen LogP contribution in [0.2, 0.25) is 0 Å². The second kappa shape index (κ2) is 10.7. The first-order chi connectivity index (χ1) is 15.7. The van der Waals surface area contributed by atoms with Crippen molar-refractivity contribution in [3.63, 3.8) is 0 Å². The third-order valence-corrected chi connectivity index (χ3v) is 5.69. The molecule has 0 aliphatic heterocycles. The minimum atomic E-state index is -4.55. The molecule has 3 aromatic rings. The molecule has 1 aromatic heterocycles. The predicted molar refractivity (Wildman–Crippen MR) is 119 cm³/mol. The molecule has 33 heavy (non-hydrogen) atoms. The van der Waals surface area contributed by atoms with Crippen LogP contribution in [-0.2, 0) is 15.7 Å². The van der Waals surface area contributed by atoms with Crippen molar-refractivity contribution in [3.8, 4) is 11.4 Å². The number of carbonyl (C=O) groups is 1. The van der Waals surface area contributed by atoms with E-state index in [1.807, 2.05) is 32.0 Å². The average Bonchev–Trinajstić information content (AvgIpc) is 3.23. The number of halogens is 3. The minimum Gasteiger partial charge on any atom is -0.489 e. The molecule has 7 nitrogen and oxygen atoms in total. The Morgan fingerprint density at radius 2 is 1.91 bits per heavy atom. The maximum atomic E-state index is 13.1. The lowest BCUT2D eigenvalue weighted by molar-refractivity contribution is -0.137. The predicted octanol–water partition coefficient (Wildman–Crippen LogP) is 4.66. The Balaban J connectivity index is 1.72. The number of rotatable bonds is 9. The summed E-state index contributed by atoms with van der Waals surface area (Å²) in [6.07, 6.45) is -3.01. The van der Waals surface area contributed by atoms with E-state index in [0.717, 1.165) is 40.7 Å². The lowest BCUT2D eigenvalue weighted by Gasteiger charge is -2.15. The van der Waals surface area contributed by atoms with E-state index in [1.165, 1.54) is 13.2 Å². The van der Waals surface area contributed by atoms with Gasteiger partial charge in [0, 0.05) is 12.8 Å². The summed E-state index contributed by atoms with van der Waals surface area (Å²) in [5, 5.41) is 10.9. The van der Waals surface area contributed by atoms with E-state index < -0.39 is 17.6 Å². The molecule has 0 aliphatic carbocycles. The van der Waals surface area contributed by atoms with E-state index in [2.05, 4.69) is 15.5 Å². The molecule has 0 bridgehead atoms. The summed E-state index contributed by atoms with van der Waals surface area (Å²) in [5.41, 5.74) is 2.13. The van der Waals surface area contributed by atoms with Crippen LogP contribution in [-0.4, -0.2) is 46.7 Å². The number of nitrogens with one attached hydrogen (secondary N) is 1. The molecule has 1 amide bonds. The second-order valence-electron chi connectivity index (χ2n) is 7.14. The number of nitrogens with zero attached hydrogens (tertiary/aromatic N) is 3. The van der Waals surface area contributed by atoms with Crippen LogP contribution in [0.4, 0.5) is 18.9 Å². The highest BCUT2D eigenvalue weighted by Gasteiger charge is 2.31. The van der Waals surface area contributed by atoms with Gasteiger partial charge in [-0.2, -0.15) is 13.2 Å². The molecule has 0 spiro atoms. The molecule has 0 saturated heterocycles. The number of methoxy groups -OCH3 is 1. The number of benzene rings is 2. The number of ether oxygens (including phenoxy) is 2. The molecule has 0 atom stereocenters. The molecular formula is C22H23F3N4O3S. The second-order valence-corrected chi connectivity index (χ2v) is 8.08. The first-order valence-corrected chi connectivity index (χ1v) is 10.9. The third-order valence-electron chi connectivity index (χ3n) is 4.74. The van der Waals surface area contributed by atoms with Gasteiger partial charge in [0.2, 0.25) is 5.91 Å². The molecule has 1 N–H and O–H groups in total. The summed E-state index contributed by atoms with van der Waals surface area (Å²) in [4.78, 5) is 12.5. The van der Waals surface area contributed by atoms with Crippen LogP contribution < -0.4 is 10.1 Å². The summed E-state index contributed by atoms with van der Waals surface area (Å²) in [6.45, 7) is 4.37. The molecule has 2 aromatic carbocycles. The standard InChI is InChI=1S/C22H23F3N4O3S/c1-14-4-6-17(10-15(14)2)29-13-26-28-21(29)33-12-20(30)27-18-11-16(22(23,24)25)5-7-19(18)32-9-8-31-3/h4-7,10-11,13H,8-9,12H2,1-3H3,(H,27,30). The Labute approximate surface area is 193 Å². The topological polar surface area (TPSA) is 78.3 Å². The molecule has 3 rings (SSSR count). The van der Waals surface area contributed by atoms with Crippen LogP contribution in [0.5, 0.6) is 5.75 Å². The van der Waals surface area contributed by atoms with E-state index in [9.17, 15) is 18.0 Å². The lowest BCUT2D eigenvalue weighted by Crippen LogP contribution is -2.17. The van der Waals surface area contributed by atoms with Gasteiger partial charge in [-0.3, -0.25) is 9.36 Å². The Kier molecular flexibility index (Phi) is 7.98. The highest BCUT2D eigenvalue weighted by Crippen LogP contribution is 2.35. The highest BCUT2D eigenvalue weighted by molar-refractivity contribution is 7.99. The van der Waals surface area contributed by atoms with Crippen molar-refractivity contribution in [2.24, 2.45) is 0 Å². The van der Waals surface area contributed by atoms with Crippen molar-refractivity contribution in [1.29, 1.82) is 0 Å². The number of hydrogen-bond acceptors (Lipinski definition) is 6. The Morgan fingerprint density at radius 3 is 2.61 bits per heavy atom. The van der Waals surface area contributed by atoms with Crippen LogP contribution in [0, 0.1) is 13.8 Å². The van der Waals surface area contributed by atoms with Crippen molar-refractivity contribution in [1.82, 2.24) is 14.8 Å². The van der Waals surface area contributed by atoms with Gasteiger partial charge in [0.05, 0.1) is 23.6 Å². The fourth-order valence-corrected chi connectivity index (χ4v) is 3.59. The maximum absolute atomic E-state index is 13.1. The highest BCUT2D eigenvalue weighted by atomic mass is 32.2. The summed E-state index contributed by atoms with van der Waals surface area (Å²) in [6, 6.07) is 8.81. The summed E-state index contributed by atoms with van der Waals surface area (Å²) >= 11 is 1.12. The van der Waals surface area contributed by atoms with Gasteiger partial charge < -0.3 is 14.8 Å². The number of alkyl halides is 3. The molecule has 11 heteroatoms. The largest absolute Gasteiger partial charge is 0.489 e. The zero-order chi connectivity index (χ0) is 24.0. The first kappa shape index (κ1) is 24.6. The fourth-order valence-electron chi connectivity index (χ4n) is 2.86. The van der Waals surface area contributed by atoms with Crippen LogP contribution in [0.1, 0.15) is 16.7 Å². The molecule has 0 fully saturated rings. The molecule has 0 aliphatic rings. The SMILES string of the molecule is COCCOc1ccc(C(F)(F)F)cc1NC(=O)CSc1nncn1-c1ccc(C)c(C)c1. The quantitative estimate of drug-likeness (QED) is 0.355. The normalized spacial score (nSPS) is 11.5. The van der Waals surface area contributed by atoms with Crippen molar-refractivity contribution in [3.05, 3.63) is 59.4 Å². The van der Waals surface area contributed by atoms with E-state index in [-0.39, 0.29) is 30.4 Å². The number of thioether (sulfide) groups is 1. The number of aryl methyl sites for hydroxylation is 2. The molecule has 0 radical (unpaired) electrons. The number of hydrogen-bond donors (Lipinski definition) is 1. The molecule has 1 heterocycles. The van der Waals surface area contributed by atoms with Crippen LogP contribution in [0.15, 0.2) is 47.9 Å². The smallest absolute Gasteiger partial charge is 0.416 e. The number of aromatic nitrogens is 3. The third kappa shape index (κ3) is 6.48. The molecule has 0 saturated carbocycles. The van der Waals surface area contributed by atoms with Crippen LogP contribution in [0.3, 0.4) is 0 Å². The number of anilines is 1. The number of carbonyl (C=O) groups excluding carboxylic acids is 1. The van der Waals surface area contributed by atoms with Crippen molar-refractivity contribution in [2.45, 2.75) is 25.2 Å².